The van der Waals surface area contributed by atoms with Gasteiger partial charge in [0.2, 0.25) is 0 Å². The van der Waals surface area contributed by atoms with Crippen molar-refractivity contribution in [3.63, 3.8) is 0 Å². The average Bonchev–Trinajstić information content (AvgIpc) is 2.38. The molecule has 0 spiro atoms. The van der Waals surface area contributed by atoms with Gasteiger partial charge in [-0.1, -0.05) is 23.8 Å². The fraction of sp³-hybridized carbons (Fsp3) is 0.0714. The highest BCUT2D eigenvalue weighted by molar-refractivity contribution is 6.29. The van der Waals surface area contributed by atoms with Crippen molar-refractivity contribution in [3.8, 4) is 11.3 Å². The van der Waals surface area contributed by atoms with Crippen molar-refractivity contribution < 1.29 is 0 Å². The number of hydrogen-bond acceptors (Lipinski definition) is 4. The SMILES string of the molecule is [B]c1nc(N)c2nc(-c3cccc(C)c3)ccc2n1. The molecule has 2 radical (unpaired) electrons. The molecule has 4 nitrogen and oxygen atoms in total. The normalized spacial score (nSPS) is 10.8. The first-order valence-corrected chi connectivity index (χ1v) is 5.90. The number of aromatic nitrogens is 3. The van der Waals surface area contributed by atoms with E-state index in [1.807, 2.05) is 37.3 Å². The molecule has 2 N–H and O–H groups in total. The molecular weight excluding hydrogens is 235 g/mol. The van der Waals surface area contributed by atoms with E-state index >= 15 is 0 Å². The topological polar surface area (TPSA) is 64.7 Å². The van der Waals surface area contributed by atoms with Gasteiger partial charge in [0, 0.05) is 5.56 Å². The minimum atomic E-state index is 0.162. The van der Waals surface area contributed by atoms with Gasteiger partial charge < -0.3 is 5.73 Å². The van der Waals surface area contributed by atoms with Gasteiger partial charge in [-0.05, 0) is 25.1 Å². The molecule has 2 aromatic heterocycles. The number of benzene rings is 1. The lowest BCUT2D eigenvalue weighted by Gasteiger charge is -2.06. The molecule has 0 aliphatic carbocycles. The van der Waals surface area contributed by atoms with Crippen LogP contribution in [0.1, 0.15) is 5.56 Å². The Hall–Kier alpha value is -2.43. The number of pyridine rings is 1. The van der Waals surface area contributed by atoms with E-state index in [1.165, 1.54) is 5.56 Å². The molecule has 1 aromatic carbocycles. The Labute approximate surface area is 112 Å². The molecule has 2 heterocycles. The van der Waals surface area contributed by atoms with Crippen molar-refractivity contribution in [2.75, 3.05) is 5.73 Å². The van der Waals surface area contributed by atoms with Crippen molar-refractivity contribution >= 4 is 30.4 Å². The van der Waals surface area contributed by atoms with Crippen molar-refractivity contribution in [2.24, 2.45) is 0 Å². The second-order valence-corrected chi connectivity index (χ2v) is 4.40. The van der Waals surface area contributed by atoms with Crippen LogP contribution in [0, 0.1) is 6.92 Å². The maximum atomic E-state index is 5.84. The molecule has 0 aliphatic rings. The average molecular weight is 246 g/mol. The van der Waals surface area contributed by atoms with Gasteiger partial charge in [-0.15, -0.1) is 0 Å². The van der Waals surface area contributed by atoms with Gasteiger partial charge in [0.25, 0.3) is 0 Å². The van der Waals surface area contributed by atoms with Gasteiger partial charge in [-0.25, -0.2) is 15.0 Å². The Balaban J connectivity index is 2.22. The summed E-state index contributed by atoms with van der Waals surface area (Å²) in [6.45, 7) is 2.04. The van der Waals surface area contributed by atoms with E-state index in [2.05, 4.69) is 21.0 Å². The van der Waals surface area contributed by atoms with Crippen LogP contribution in [0.4, 0.5) is 5.82 Å². The molecule has 3 aromatic rings. The van der Waals surface area contributed by atoms with Crippen LogP contribution in [0.15, 0.2) is 36.4 Å². The van der Waals surface area contributed by atoms with Crippen LogP contribution in [0.25, 0.3) is 22.3 Å². The predicted octanol–water partition coefficient (Wildman–Crippen LogP) is 1.38. The van der Waals surface area contributed by atoms with Crippen LogP contribution >= 0.6 is 0 Å². The summed E-state index contributed by atoms with van der Waals surface area (Å²) in [4.78, 5) is 12.6. The smallest absolute Gasteiger partial charge is 0.170 e. The Morgan fingerprint density at radius 1 is 1.05 bits per heavy atom. The molecule has 0 amide bonds. The molecule has 0 aliphatic heterocycles. The molecule has 0 bridgehead atoms. The third-order valence-corrected chi connectivity index (χ3v) is 2.90. The highest BCUT2D eigenvalue weighted by atomic mass is 15.0. The maximum absolute atomic E-state index is 5.84. The van der Waals surface area contributed by atoms with Crippen LogP contribution in [-0.4, -0.2) is 22.8 Å². The van der Waals surface area contributed by atoms with Crippen LogP contribution in [0.5, 0.6) is 0 Å². The van der Waals surface area contributed by atoms with Crippen LogP contribution in [0.2, 0.25) is 0 Å². The van der Waals surface area contributed by atoms with E-state index in [0.29, 0.717) is 16.9 Å². The lowest BCUT2D eigenvalue weighted by atomic mass is 10.1. The number of aryl methyl sites for hydroxylation is 1. The number of nitrogen functional groups attached to an aromatic ring is 1. The van der Waals surface area contributed by atoms with Crippen LogP contribution in [-0.2, 0) is 0 Å². The first-order chi connectivity index (χ1) is 9.13. The van der Waals surface area contributed by atoms with Gasteiger partial charge in [-0.2, -0.15) is 0 Å². The zero-order chi connectivity index (χ0) is 13.4. The van der Waals surface area contributed by atoms with Crippen molar-refractivity contribution in [3.05, 3.63) is 42.0 Å². The third-order valence-electron chi connectivity index (χ3n) is 2.90. The highest BCUT2D eigenvalue weighted by Gasteiger charge is 2.06. The number of fused-ring (bicyclic) bond motifs is 1. The molecule has 0 fully saturated rings. The molecule has 0 saturated carbocycles. The molecule has 5 heteroatoms. The van der Waals surface area contributed by atoms with E-state index in [-0.39, 0.29) is 5.72 Å². The quantitative estimate of drug-likeness (QED) is 0.658. The summed E-state index contributed by atoms with van der Waals surface area (Å²) in [5, 5.41) is 0. The van der Waals surface area contributed by atoms with Crippen molar-refractivity contribution in [1.29, 1.82) is 0 Å². The molecule has 0 unspecified atom stereocenters. The highest BCUT2D eigenvalue weighted by Crippen LogP contribution is 2.22. The largest absolute Gasteiger partial charge is 0.382 e. The zero-order valence-electron chi connectivity index (χ0n) is 10.5. The fourth-order valence-corrected chi connectivity index (χ4v) is 2.02. The molecule has 90 valence electrons. The molecule has 0 saturated heterocycles. The minimum Gasteiger partial charge on any atom is -0.382 e. The van der Waals surface area contributed by atoms with Crippen LogP contribution < -0.4 is 11.5 Å². The number of anilines is 1. The number of nitrogens with zero attached hydrogens (tertiary/aromatic N) is 3. The predicted molar refractivity (Wildman–Crippen MR) is 77.3 cm³/mol. The Morgan fingerprint density at radius 3 is 2.68 bits per heavy atom. The fourth-order valence-electron chi connectivity index (χ4n) is 2.02. The number of nitrogens with two attached hydrogens (primary N) is 1. The van der Waals surface area contributed by atoms with Gasteiger partial charge in [0.15, 0.2) is 13.7 Å². The summed E-state index contributed by atoms with van der Waals surface area (Å²) in [5.74, 6) is 0.303. The van der Waals surface area contributed by atoms with Crippen molar-refractivity contribution in [1.82, 2.24) is 15.0 Å². The standard InChI is InChI=1S/C14H11BN4/c1-8-3-2-4-9(7-8)10-5-6-11-12(17-10)13(16)19-14(15)18-11/h2-7H,1H3,(H2,16,18,19). The van der Waals surface area contributed by atoms with Crippen molar-refractivity contribution in [2.45, 2.75) is 6.92 Å². The maximum Gasteiger partial charge on any atom is 0.170 e. The first kappa shape index (κ1) is 11.7. The summed E-state index contributed by atoms with van der Waals surface area (Å²) in [5.41, 5.74) is 10.3. The summed E-state index contributed by atoms with van der Waals surface area (Å²) >= 11 is 0. The summed E-state index contributed by atoms with van der Waals surface area (Å²) < 4.78 is 0. The van der Waals surface area contributed by atoms with Gasteiger partial charge in [-0.3, -0.25) is 0 Å². The van der Waals surface area contributed by atoms with Gasteiger partial charge in [0.05, 0.1) is 16.9 Å². The number of hydrogen-bond donors (Lipinski definition) is 1. The van der Waals surface area contributed by atoms with E-state index in [4.69, 9.17) is 13.6 Å². The van der Waals surface area contributed by atoms with E-state index in [0.717, 1.165) is 11.3 Å². The number of rotatable bonds is 1. The third kappa shape index (κ3) is 2.15. The molecular formula is C14H11BN4. The molecule has 0 atom stereocenters. The van der Waals surface area contributed by atoms with E-state index in [1.54, 1.807) is 0 Å². The zero-order valence-corrected chi connectivity index (χ0v) is 10.5. The Bertz CT molecular complexity index is 770. The van der Waals surface area contributed by atoms with Gasteiger partial charge >= 0.3 is 0 Å². The van der Waals surface area contributed by atoms with E-state index < -0.39 is 0 Å². The Kier molecular flexibility index (Phi) is 2.67. The first-order valence-electron chi connectivity index (χ1n) is 5.90. The lowest BCUT2D eigenvalue weighted by molar-refractivity contribution is 1.26. The second-order valence-electron chi connectivity index (χ2n) is 4.40. The van der Waals surface area contributed by atoms with Gasteiger partial charge in [0.1, 0.15) is 5.52 Å². The monoisotopic (exact) mass is 246 g/mol. The minimum absolute atomic E-state index is 0.162. The molecule has 19 heavy (non-hydrogen) atoms. The Morgan fingerprint density at radius 2 is 1.89 bits per heavy atom. The lowest BCUT2D eigenvalue weighted by Crippen LogP contribution is -2.15. The molecule has 3 rings (SSSR count). The summed E-state index contributed by atoms with van der Waals surface area (Å²) in [6.07, 6.45) is 0. The van der Waals surface area contributed by atoms with E-state index in [9.17, 15) is 0 Å². The van der Waals surface area contributed by atoms with Crippen LogP contribution in [0.3, 0.4) is 0 Å². The summed E-state index contributed by atoms with van der Waals surface area (Å²) in [7, 11) is 5.56. The second kappa shape index (κ2) is 4.35. The summed E-state index contributed by atoms with van der Waals surface area (Å²) in [6, 6.07) is 11.9.